The van der Waals surface area contributed by atoms with Crippen molar-refractivity contribution in [3.8, 4) is 6.01 Å². The van der Waals surface area contributed by atoms with Crippen LogP contribution in [0.5, 0.6) is 6.01 Å². The molecule has 2 aromatic heterocycles. The fraction of sp³-hybridized carbons (Fsp3) is 0.483. The maximum Gasteiger partial charge on any atom is 0.318 e. The van der Waals surface area contributed by atoms with Crippen LogP contribution in [-0.2, 0) is 13.0 Å². The Hall–Kier alpha value is -3.83. The Morgan fingerprint density at radius 3 is 2.62 bits per heavy atom. The first-order valence-electron chi connectivity index (χ1n) is 14.1. The Labute approximate surface area is 234 Å². The zero-order valence-corrected chi connectivity index (χ0v) is 22.8. The third-order valence-corrected chi connectivity index (χ3v) is 8.31. The predicted molar refractivity (Wildman–Crippen MR) is 150 cm³/mol. The van der Waals surface area contributed by atoms with Crippen molar-refractivity contribution < 1.29 is 14.6 Å². The first-order chi connectivity index (χ1) is 19.6. The molecule has 0 saturated carbocycles. The lowest BCUT2D eigenvalue weighted by Crippen LogP contribution is -2.56. The normalized spacial score (nSPS) is 22.1. The van der Waals surface area contributed by atoms with E-state index in [1.807, 2.05) is 6.07 Å². The number of methoxy groups -OCH3 is 1. The van der Waals surface area contributed by atoms with Crippen molar-refractivity contribution in [1.82, 2.24) is 29.7 Å². The molecule has 2 saturated heterocycles. The number of hydrogen-bond acceptors (Lipinski definition) is 10. The van der Waals surface area contributed by atoms with E-state index < -0.39 is 6.10 Å². The third kappa shape index (κ3) is 5.71. The summed E-state index contributed by atoms with van der Waals surface area (Å²) in [4.78, 5) is 37.0. The lowest BCUT2D eigenvalue weighted by molar-refractivity contribution is -0.0139. The average molecular weight is 545 g/mol. The van der Waals surface area contributed by atoms with Gasteiger partial charge < -0.3 is 25.0 Å². The van der Waals surface area contributed by atoms with Crippen LogP contribution in [0.2, 0.25) is 0 Å². The van der Waals surface area contributed by atoms with Crippen molar-refractivity contribution in [2.45, 2.75) is 50.4 Å². The van der Waals surface area contributed by atoms with Crippen molar-refractivity contribution in [1.29, 1.82) is 0 Å². The molecule has 2 atom stereocenters. The molecule has 2 N–H and O–H groups in total. The number of benzene rings is 1. The highest BCUT2D eigenvalue weighted by Gasteiger charge is 2.36. The van der Waals surface area contributed by atoms with Crippen LogP contribution in [-0.4, -0.2) is 98.8 Å². The van der Waals surface area contributed by atoms with Gasteiger partial charge in [-0.05, 0) is 42.9 Å². The molecule has 3 aliphatic rings. The first-order valence-corrected chi connectivity index (χ1v) is 14.1. The van der Waals surface area contributed by atoms with Crippen LogP contribution in [0.15, 0.2) is 48.9 Å². The number of β-amino-alcohol motifs (C(OH)–C–C–N with tert-alkyl or cyclic N) is 1. The molecule has 40 heavy (non-hydrogen) atoms. The van der Waals surface area contributed by atoms with Gasteiger partial charge in [-0.15, -0.1) is 0 Å². The van der Waals surface area contributed by atoms with E-state index >= 15 is 0 Å². The van der Waals surface area contributed by atoms with Gasteiger partial charge in [0, 0.05) is 63.6 Å². The monoisotopic (exact) mass is 544 g/mol. The summed E-state index contributed by atoms with van der Waals surface area (Å²) < 4.78 is 5.33. The van der Waals surface area contributed by atoms with Crippen molar-refractivity contribution in [2.24, 2.45) is 0 Å². The summed E-state index contributed by atoms with van der Waals surface area (Å²) in [5, 5.41) is 14.6. The molecule has 5 heterocycles. The van der Waals surface area contributed by atoms with Crippen LogP contribution >= 0.6 is 0 Å². The molecule has 0 unspecified atom stereocenters. The van der Waals surface area contributed by atoms with Crippen LogP contribution in [0.4, 0.5) is 11.6 Å². The average Bonchev–Trinajstić information content (AvgIpc) is 3.01. The molecule has 11 heteroatoms. The molecular formula is C29H36N8O3. The van der Waals surface area contributed by atoms with E-state index in [1.165, 1.54) is 18.2 Å². The summed E-state index contributed by atoms with van der Waals surface area (Å²) in [5.41, 5.74) is 2.98. The number of aliphatic hydroxyl groups is 1. The van der Waals surface area contributed by atoms with Crippen molar-refractivity contribution in [3.63, 3.8) is 0 Å². The van der Waals surface area contributed by atoms with Crippen LogP contribution in [0.3, 0.4) is 0 Å². The van der Waals surface area contributed by atoms with Gasteiger partial charge in [0.25, 0.3) is 5.91 Å². The number of anilines is 2. The topological polar surface area (TPSA) is 120 Å². The molecule has 11 nitrogen and oxygen atoms in total. The van der Waals surface area contributed by atoms with E-state index in [2.05, 4.69) is 59.3 Å². The van der Waals surface area contributed by atoms with Crippen molar-refractivity contribution in [3.05, 3.63) is 65.7 Å². The fourth-order valence-electron chi connectivity index (χ4n) is 6.13. The number of amides is 1. The molecule has 210 valence electrons. The number of aromatic nitrogens is 4. The largest absolute Gasteiger partial charge is 0.467 e. The lowest BCUT2D eigenvalue weighted by atomic mass is 9.94. The number of aliphatic hydroxyl groups excluding tert-OH is 1. The lowest BCUT2D eigenvalue weighted by Gasteiger charge is -2.43. The Kier molecular flexibility index (Phi) is 7.74. The van der Waals surface area contributed by atoms with Gasteiger partial charge in [0.15, 0.2) is 0 Å². The van der Waals surface area contributed by atoms with E-state index in [-0.39, 0.29) is 36.2 Å². The SMILES string of the molecule is COc1nc(NC2CCN(c3ccncn3)CC2)cc(C(=O)N2CC[C@@H](N3CCc4ccccc4C3)[C@H](O)C2)n1. The van der Waals surface area contributed by atoms with E-state index in [0.29, 0.717) is 18.8 Å². The Morgan fingerprint density at radius 1 is 1.05 bits per heavy atom. The van der Waals surface area contributed by atoms with Gasteiger partial charge >= 0.3 is 6.01 Å². The summed E-state index contributed by atoms with van der Waals surface area (Å²) in [6.45, 7) is 4.31. The predicted octanol–water partition coefficient (Wildman–Crippen LogP) is 1.99. The summed E-state index contributed by atoms with van der Waals surface area (Å²) in [6.07, 6.45) is 6.21. The molecule has 0 spiro atoms. The van der Waals surface area contributed by atoms with Gasteiger partial charge in [-0.3, -0.25) is 9.69 Å². The van der Waals surface area contributed by atoms with Crippen LogP contribution in [0.25, 0.3) is 0 Å². The second kappa shape index (κ2) is 11.7. The van der Waals surface area contributed by atoms with Gasteiger partial charge in [0.1, 0.15) is 23.7 Å². The number of fused-ring (bicyclic) bond motifs is 1. The minimum Gasteiger partial charge on any atom is -0.467 e. The van der Waals surface area contributed by atoms with Crippen LogP contribution < -0.4 is 15.0 Å². The van der Waals surface area contributed by atoms with Crippen LogP contribution in [0.1, 0.15) is 40.9 Å². The van der Waals surface area contributed by atoms with E-state index in [4.69, 9.17) is 4.74 Å². The maximum atomic E-state index is 13.5. The van der Waals surface area contributed by atoms with E-state index in [9.17, 15) is 9.90 Å². The smallest absolute Gasteiger partial charge is 0.318 e. The minimum atomic E-state index is -0.621. The van der Waals surface area contributed by atoms with Crippen molar-refractivity contribution in [2.75, 3.05) is 50.1 Å². The number of carbonyl (C=O) groups excluding carboxylic acids is 1. The van der Waals surface area contributed by atoms with Crippen LogP contribution in [0, 0.1) is 0 Å². The molecule has 6 rings (SSSR count). The third-order valence-electron chi connectivity index (χ3n) is 8.31. The van der Waals surface area contributed by atoms with Crippen molar-refractivity contribution >= 4 is 17.5 Å². The van der Waals surface area contributed by atoms with Gasteiger partial charge in [-0.25, -0.2) is 9.97 Å². The zero-order chi connectivity index (χ0) is 27.5. The Bertz CT molecular complexity index is 1320. The highest BCUT2D eigenvalue weighted by molar-refractivity contribution is 5.93. The second-order valence-electron chi connectivity index (χ2n) is 10.8. The quantitative estimate of drug-likeness (QED) is 0.477. The number of hydrogen-bond donors (Lipinski definition) is 2. The van der Waals surface area contributed by atoms with Gasteiger partial charge in [0.05, 0.1) is 13.2 Å². The number of piperidine rings is 2. The summed E-state index contributed by atoms with van der Waals surface area (Å²) in [7, 11) is 1.50. The molecule has 1 aromatic carbocycles. The van der Waals surface area contributed by atoms with Gasteiger partial charge in [-0.2, -0.15) is 9.97 Å². The zero-order valence-electron chi connectivity index (χ0n) is 22.8. The van der Waals surface area contributed by atoms with Gasteiger partial charge in [-0.1, -0.05) is 24.3 Å². The summed E-state index contributed by atoms with van der Waals surface area (Å²) in [5.74, 6) is 1.28. The molecule has 0 aliphatic carbocycles. The molecule has 3 aliphatic heterocycles. The Morgan fingerprint density at radius 2 is 1.88 bits per heavy atom. The molecular weight excluding hydrogens is 508 g/mol. The summed E-state index contributed by atoms with van der Waals surface area (Å²) >= 11 is 0. The molecule has 3 aromatic rings. The number of likely N-dealkylation sites (tertiary alicyclic amines) is 1. The molecule has 2 fully saturated rings. The molecule has 0 bridgehead atoms. The number of nitrogens with one attached hydrogen (secondary N) is 1. The molecule has 0 radical (unpaired) electrons. The highest BCUT2D eigenvalue weighted by atomic mass is 16.5. The first kappa shape index (κ1) is 26.4. The van der Waals surface area contributed by atoms with E-state index in [0.717, 1.165) is 51.3 Å². The number of carbonyl (C=O) groups is 1. The number of ether oxygens (including phenoxy) is 1. The standard InChI is InChI=1S/C29H36N8O3/c1-40-29-33-23(16-26(34-29)32-22-8-13-35(14-9-22)27-6-11-30-19-31-27)28(39)37-15-10-24(25(38)18-37)36-12-7-20-4-2-3-5-21(20)17-36/h2-6,11,16,19,22,24-25,38H,7-10,12-15,17-18H2,1H3,(H,32,33,34)/t24-,25-/m1/s1. The Balaban J connectivity index is 1.08. The minimum absolute atomic E-state index is 0.0304. The summed E-state index contributed by atoms with van der Waals surface area (Å²) in [6, 6.07) is 12.5. The number of rotatable bonds is 6. The number of nitrogens with zero attached hydrogens (tertiary/aromatic N) is 7. The second-order valence-corrected chi connectivity index (χ2v) is 10.8. The fourth-order valence-corrected chi connectivity index (χ4v) is 6.13. The highest BCUT2D eigenvalue weighted by Crippen LogP contribution is 2.27. The van der Waals surface area contributed by atoms with Gasteiger partial charge in [0.2, 0.25) is 0 Å². The molecule has 1 amide bonds. The van der Waals surface area contributed by atoms with E-state index in [1.54, 1.807) is 23.5 Å². The maximum absolute atomic E-state index is 13.5.